The van der Waals surface area contributed by atoms with Crippen molar-refractivity contribution >= 4 is 21.8 Å². The number of carbonyl (C=O) groups is 1. The summed E-state index contributed by atoms with van der Waals surface area (Å²) in [4.78, 5) is 13.9. The summed E-state index contributed by atoms with van der Waals surface area (Å²) in [5, 5.41) is 0.729. The van der Waals surface area contributed by atoms with Gasteiger partial charge in [-0.3, -0.25) is 4.79 Å². The molecule has 0 fully saturated rings. The normalized spacial score (nSPS) is 9.88. The number of ether oxygens (including phenoxy) is 2. The fourth-order valence-electron chi connectivity index (χ4n) is 1.48. The van der Waals surface area contributed by atoms with Gasteiger partial charge in [-0.05, 0) is 12.1 Å². The first-order valence-electron chi connectivity index (χ1n) is 5.18. The zero-order valence-electron chi connectivity index (χ0n) is 10.2. The molecule has 5 heteroatoms. The van der Waals surface area contributed by atoms with Gasteiger partial charge in [-0.25, -0.2) is 0 Å². The lowest BCUT2D eigenvalue weighted by molar-refractivity contribution is 0.0797. The number of benzene rings is 1. The Bertz CT molecular complexity index is 373. The molecule has 17 heavy (non-hydrogen) atoms. The molecule has 0 saturated heterocycles. The van der Waals surface area contributed by atoms with Crippen molar-refractivity contribution in [2.75, 3.05) is 33.1 Å². The third kappa shape index (κ3) is 3.12. The molecule has 0 aliphatic heterocycles. The number of amides is 1. The molecular formula is C12H16BrNO3. The third-order valence-electron chi connectivity index (χ3n) is 2.41. The van der Waals surface area contributed by atoms with Gasteiger partial charge in [0.25, 0.3) is 5.91 Å². The largest absolute Gasteiger partial charge is 0.496 e. The predicted octanol–water partition coefficient (Wildman–Crippen LogP) is 2.17. The first-order valence-corrected chi connectivity index (χ1v) is 6.30. The predicted molar refractivity (Wildman–Crippen MR) is 70.3 cm³/mol. The van der Waals surface area contributed by atoms with Crippen LogP contribution in [0.25, 0.3) is 0 Å². The average molecular weight is 302 g/mol. The standard InChI is InChI=1S/C12H16BrNO3/c1-14(8-7-13)12(15)11-9(16-2)5-4-6-10(11)17-3/h4-6H,7-8H2,1-3H3. The van der Waals surface area contributed by atoms with E-state index >= 15 is 0 Å². The van der Waals surface area contributed by atoms with Gasteiger partial charge < -0.3 is 14.4 Å². The quantitative estimate of drug-likeness (QED) is 0.783. The maximum Gasteiger partial charge on any atom is 0.261 e. The fourth-order valence-corrected chi connectivity index (χ4v) is 2.01. The van der Waals surface area contributed by atoms with Crippen molar-refractivity contribution in [3.8, 4) is 11.5 Å². The second-order valence-electron chi connectivity index (χ2n) is 3.45. The minimum absolute atomic E-state index is 0.112. The highest BCUT2D eigenvalue weighted by atomic mass is 79.9. The molecule has 0 bridgehead atoms. The number of alkyl halides is 1. The SMILES string of the molecule is COc1cccc(OC)c1C(=O)N(C)CCBr. The Hall–Kier alpha value is -1.23. The summed E-state index contributed by atoms with van der Waals surface area (Å²) in [6, 6.07) is 5.29. The lowest BCUT2D eigenvalue weighted by Crippen LogP contribution is -2.29. The Balaban J connectivity index is 3.13. The van der Waals surface area contributed by atoms with Crippen molar-refractivity contribution < 1.29 is 14.3 Å². The number of nitrogens with zero attached hydrogens (tertiary/aromatic N) is 1. The van der Waals surface area contributed by atoms with Gasteiger partial charge in [-0.1, -0.05) is 22.0 Å². The van der Waals surface area contributed by atoms with Crippen LogP contribution in [0.5, 0.6) is 11.5 Å². The van der Waals surface area contributed by atoms with E-state index < -0.39 is 0 Å². The molecule has 0 N–H and O–H groups in total. The van der Waals surface area contributed by atoms with Crippen molar-refractivity contribution in [2.24, 2.45) is 0 Å². The minimum Gasteiger partial charge on any atom is -0.496 e. The van der Waals surface area contributed by atoms with E-state index in [2.05, 4.69) is 15.9 Å². The number of carbonyl (C=O) groups excluding carboxylic acids is 1. The lowest BCUT2D eigenvalue weighted by Gasteiger charge is -2.19. The topological polar surface area (TPSA) is 38.8 Å². The second-order valence-corrected chi connectivity index (χ2v) is 4.25. The summed E-state index contributed by atoms with van der Waals surface area (Å²) in [6.45, 7) is 0.625. The third-order valence-corrected chi connectivity index (χ3v) is 2.76. The summed E-state index contributed by atoms with van der Waals surface area (Å²) in [5.41, 5.74) is 0.459. The summed E-state index contributed by atoms with van der Waals surface area (Å²) < 4.78 is 10.4. The molecule has 0 saturated carbocycles. The monoisotopic (exact) mass is 301 g/mol. The van der Waals surface area contributed by atoms with Gasteiger partial charge in [0.2, 0.25) is 0 Å². The van der Waals surface area contributed by atoms with Crippen LogP contribution in [0.15, 0.2) is 18.2 Å². The maximum atomic E-state index is 12.2. The summed E-state index contributed by atoms with van der Waals surface area (Å²) in [6.07, 6.45) is 0. The zero-order valence-corrected chi connectivity index (χ0v) is 11.8. The van der Waals surface area contributed by atoms with Crippen LogP contribution in [0.2, 0.25) is 0 Å². The molecule has 0 heterocycles. The van der Waals surface area contributed by atoms with E-state index in [1.54, 1.807) is 30.1 Å². The number of rotatable bonds is 5. The maximum absolute atomic E-state index is 12.2. The van der Waals surface area contributed by atoms with Gasteiger partial charge >= 0.3 is 0 Å². The van der Waals surface area contributed by atoms with E-state index in [0.717, 1.165) is 5.33 Å². The highest BCUT2D eigenvalue weighted by Crippen LogP contribution is 2.29. The Labute approximate surface area is 110 Å². The van der Waals surface area contributed by atoms with E-state index in [4.69, 9.17) is 9.47 Å². The zero-order chi connectivity index (χ0) is 12.8. The van der Waals surface area contributed by atoms with Crippen LogP contribution in [0.1, 0.15) is 10.4 Å². The highest BCUT2D eigenvalue weighted by Gasteiger charge is 2.20. The van der Waals surface area contributed by atoms with Crippen molar-refractivity contribution in [2.45, 2.75) is 0 Å². The van der Waals surface area contributed by atoms with Gasteiger partial charge in [0.05, 0.1) is 14.2 Å². The van der Waals surface area contributed by atoms with Crippen LogP contribution in [-0.2, 0) is 0 Å². The fraction of sp³-hybridized carbons (Fsp3) is 0.417. The Morgan fingerprint density at radius 2 is 1.82 bits per heavy atom. The number of hydrogen-bond donors (Lipinski definition) is 0. The Morgan fingerprint density at radius 1 is 1.29 bits per heavy atom. The average Bonchev–Trinajstić information content (AvgIpc) is 2.37. The molecule has 0 aromatic heterocycles. The molecule has 0 radical (unpaired) electrons. The Morgan fingerprint density at radius 3 is 2.24 bits per heavy atom. The van der Waals surface area contributed by atoms with Gasteiger partial charge in [0.15, 0.2) is 0 Å². The first kappa shape index (κ1) is 13.8. The molecule has 0 unspecified atom stereocenters. The number of hydrogen-bond acceptors (Lipinski definition) is 3. The highest BCUT2D eigenvalue weighted by molar-refractivity contribution is 9.09. The van der Waals surface area contributed by atoms with E-state index in [1.165, 1.54) is 14.2 Å². The molecule has 1 rings (SSSR count). The van der Waals surface area contributed by atoms with Gasteiger partial charge in [0, 0.05) is 18.9 Å². The van der Waals surface area contributed by atoms with Gasteiger partial charge in [-0.2, -0.15) is 0 Å². The number of halogens is 1. The molecule has 94 valence electrons. The minimum atomic E-state index is -0.112. The van der Waals surface area contributed by atoms with Crippen molar-refractivity contribution in [3.63, 3.8) is 0 Å². The molecule has 0 spiro atoms. The van der Waals surface area contributed by atoms with Crippen molar-refractivity contribution in [3.05, 3.63) is 23.8 Å². The van der Waals surface area contributed by atoms with Gasteiger partial charge in [-0.15, -0.1) is 0 Å². The number of methoxy groups -OCH3 is 2. The van der Waals surface area contributed by atoms with Crippen LogP contribution in [-0.4, -0.2) is 43.9 Å². The van der Waals surface area contributed by atoms with Crippen molar-refractivity contribution in [1.29, 1.82) is 0 Å². The van der Waals surface area contributed by atoms with E-state index in [0.29, 0.717) is 23.6 Å². The molecule has 1 aromatic carbocycles. The summed E-state index contributed by atoms with van der Waals surface area (Å²) >= 11 is 3.31. The lowest BCUT2D eigenvalue weighted by atomic mass is 10.1. The summed E-state index contributed by atoms with van der Waals surface area (Å²) in [7, 11) is 4.82. The van der Waals surface area contributed by atoms with Crippen LogP contribution in [0, 0.1) is 0 Å². The van der Waals surface area contributed by atoms with E-state index in [9.17, 15) is 4.79 Å². The smallest absolute Gasteiger partial charge is 0.261 e. The molecule has 0 aliphatic rings. The van der Waals surface area contributed by atoms with Crippen LogP contribution < -0.4 is 9.47 Å². The van der Waals surface area contributed by atoms with Gasteiger partial charge in [0.1, 0.15) is 17.1 Å². The van der Waals surface area contributed by atoms with Crippen LogP contribution in [0.3, 0.4) is 0 Å². The molecule has 1 amide bonds. The molecule has 4 nitrogen and oxygen atoms in total. The van der Waals surface area contributed by atoms with E-state index in [-0.39, 0.29) is 5.91 Å². The molecule has 0 aliphatic carbocycles. The molecule has 1 aromatic rings. The molecular weight excluding hydrogens is 286 g/mol. The van der Waals surface area contributed by atoms with E-state index in [1.807, 2.05) is 0 Å². The molecule has 0 atom stereocenters. The van der Waals surface area contributed by atoms with Crippen molar-refractivity contribution in [1.82, 2.24) is 4.90 Å². The summed E-state index contributed by atoms with van der Waals surface area (Å²) in [5.74, 6) is 0.935. The van der Waals surface area contributed by atoms with Crippen LogP contribution >= 0.6 is 15.9 Å². The second kappa shape index (κ2) is 6.49. The first-order chi connectivity index (χ1) is 8.15. The Kier molecular flexibility index (Phi) is 5.28. The van der Waals surface area contributed by atoms with Crippen LogP contribution in [0.4, 0.5) is 0 Å².